The lowest BCUT2D eigenvalue weighted by atomic mass is 10.1. The largest absolute Gasteiger partial charge is 0.398 e. The van der Waals surface area contributed by atoms with E-state index in [-0.39, 0.29) is 5.82 Å². The molecule has 5 heteroatoms. The van der Waals surface area contributed by atoms with Crippen LogP contribution in [0.2, 0.25) is 0 Å². The maximum atomic E-state index is 13.0. The Kier molecular flexibility index (Phi) is 2.14. The fraction of sp³-hybridized carbons (Fsp3) is 0.333. The molecule has 1 aliphatic rings. The van der Waals surface area contributed by atoms with Crippen LogP contribution in [-0.2, 0) is 0 Å². The van der Waals surface area contributed by atoms with Crippen LogP contribution in [0.25, 0.3) is 11.4 Å². The summed E-state index contributed by atoms with van der Waals surface area (Å²) in [6, 6.07) is 4.85. The Morgan fingerprint density at radius 2 is 2.12 bits per heavy atom. The number of rotatable bonds is 2. The number of anilines is 1. The van der Waals surface area contributed by atoms with Crippen molar-refractivity contribution in [3.63, 3.8) is 0 Å². The quantitative estimate of drug-likeness (QED) is 0.808. The normalized spacial score (nSPS) is 15.2. The van der Waals surface area contributed by atoms with E-state index in [0.29, 0.717) is 11.7 Å². The highest BCUT2D eigenvalue weighted by molar-refractivity contribution is 5.71. The van der Waals surface area contributed by atoms with Gasteiger partial charge in [-0.15, -0.1) is 10.2 Å². The third kappa shape index (κ3) is 1.67. The third-order valence-electron chi connectivity index (χ3n) is 3.03. The summed E-state index contributed by atoms with van der Waals surface area (Å²) >= 11 is 0. The zero-order valence-electron chi connectivity index (χ0n) is 9.52. The van der Waals surface area contributed by atoms with Crippen LogP contribution >= 0.6 is 0 Å². The lowest BCUT2D eigenvalue weighted by molar-refractivity contribution is 0.628. The molecule has 0 saturated heterocycles. The zero-order valence-corrected chi connectivity index (χ0v) is 9.52. The molecule has 88 valence electrons. The molecule has 0 bridgehead atoms. The number of aryl methyl sites for hydroxylation is 1. The van der Waals surface area contributed by atoms with Gasteiger partial charge < -0.3 is 10.3 Å². The van der Waals surface area contributed by atoms with E-state index >= 15 is 0 Å². The smallest absolute Gasteiger partial charge is 0.166 e. The standard InChI is InChI=1S/C12H13FN4/c1-7-15-16-12(17(7)9-3-4-9)10-5-2-8(13)6-11(10)14/h2,5-6,9H,3-4,14H2,1H3. The molecule has 4 nitrogen and oxygen atoms in total. The van der Waals surface area contributed by atoms with Gasteiger partial charge in [-0.1, -0.05) is 0 Å². The number of aromatic nitrogens is 3. The van der Waals surface area contributed by atoms with Gasteiger partial charge in [0, 0.05) is 17.3 Å². The molecule has 3 rings (SSSR count). The van der Waals surface area contributed by atoms with Gasteiger partial charge in [0.1, 0.15) is 11.6 Å². The fourth-order valence-corrected chi connectivity index (χ4v) is 2.06. The minimum atomic E-state index is -0.333. The SMILES string of the molecule is Cc1nnc(-c2ccc(F)cc2N)n1C1CC1. The van der Waals surface area contributed by atoms with Crippen molar-refractivity contribution in [1.82, 2.24) is 14.8 Å². The molecule has 1 fully saturated rings. The average Bonchev–Trinajstić information content (AvgIpc) is 3.03. The van der Waals surface area contributed by atoms with Crippen molar-refractivity contribution >= 4 is 5.69 Å². The number of nitrogen functional groups attached to an aromatic ring is 1. The van der Waals surface area contributed by atoms with Crippen molar-refractivity contribution in [1.29, 1.82) is 0 Å². The van der Waals surface area contributed by atoms with Gasteiger partial charge in [0.15, 0.2) is 5.82 Å². The molecule has 1 aliphatic carbocycles. The van der Waals surface area contributed by atoms with Crippen LogP contribution in [0.15, 0.2) is 18.2 Å². The summed E-state index contributed by atoms with van der Waals surface area (Å²) < 4.78 is 15.1. The van der Waals surface area contributed by atoms with E-state index in [1.165, 1.54) is 12.1 Å². The van der Waals surface area contributed by atoms with Crippen LogP contribution < -0.4 is 5.73 Å². The molecule has 2 N–H and O–H groups in total. The topological polar surface area (TPSA) is 56.7 Å². The van der Waals surface area contributed by atoms with Gasteiger partial charge in [0.2, 0.25) is 0 Å². The summed E-state index contributed by atoms with van der Waals surface area (Å²) in [4.78, 5) is 0. The van der Waals surface area contributed by atoms with E-state index in [9.17, 15) is 4.39 Å². The van der Waals surface area contributed by atoms with Crippen LogP contribution in [0.4, 0.5) is 10.1 Å². The van der Waals surface area contributed by atoms with Crippen molar-refractivity contribution in [3.8, 4) is 11.4 Å². The van der Waals surface area contributed by atoms with Gasteiger partial charge in [-0.2, -0.15) is 0 Å². The molecule has 2 aromatic rings. The average molecular weight is 232 g/mol. The number of halogens is 1. The van der Waals surface area contributed by atoms with Gasteiger partial charge in [-0.3, -0.25) is 0 Å². The van der Waals surface area contributed by atoms with Crippen molar-refractivity contribution in [2.45, 2.75) is 25.8 Å². The van der Waals surface area contributed by atoms with Crippen LogP contribution in [0.5, 0.6) is 0 Å². The van der Waals surface area contributed by atoms with E-state index in [1.807, 2.05) is 6.92 Å². The molecule has 1 heterocycles. The Balaban J connectivity index is 2.14. The Hall–Kier alpha value is -1.91. The predicted octanol–water partition coefficient (Wildman–Crippen LogP) is 2.31. The molecule has 1 aromatic carbocycles. The van der Waals surface area contributed by atoms with E-state index in [2.05, 4.69) is 14.8 Å². The summed E-state index contributed by atoms with van der Waals surface area (Å²) in [5, 5.41) is 8.23. The van der Waals surface area contributed by atoms with E-state index in [1.54, 1.807) is 6.07 Å². The molecule has 0 atom stereocenters. The van der Waals surface area contributed by atoms with E-state index < -0.39 is 0 Å². The molecular weight excluding hydrogens is 219 g/mol. The number of nitrogens with zero attached hydrogens (tertiary/aromatic N) is 3. The summed E-state index contributed by atoms with van der Waals surface area (Å²) in [7, 11) is 0. The molecule has 1 aromatic heterocycles. The van der Waals surface area contributed by atoms with Crippen LogP contribution in [0, 0.1) is 12.7 Å². The fourth-order valence-electron chi connectivity index (χ4n) is 2.06. The first-order chi connectivity index (χ1) is 8.16. The summed E-state index contributed by atoms with van der Waals surface area (Å²) in [5.74, 6) is 1.29. The molecule has 0 unspecified atom stereocenters. The lowest BCUT2D eigenvalue weighted by Gasteiger charge is -2.08. The highest BCUT2D eigenvalue weighted by Gasteiger charge is 2.29. The maximum absolute atomic E-state index is 13.0. The Morgan fingerprint density at radius 1 is 1.35 bits per heavy atom. The van der Waals surface area contributed by atoms with Crippen molar-refractivity contribution in [2.75, 3.05) is 5.73 Å². The first kappa shape index (κ1) is 10.3. The number of hydrogen-bond donors (Lipinski definition) is 1. The monoisotopic (exact) mass is 232 g/mol. The van der Waals surface area contributed by atoms with Crippen LogP contribution in [-0.4, -0.2) is 14.8 Å². The van der Waals surface area contributed by atoms with Gasteiger partial charge in [-0.25, -0.2) is 4.39 Å². The third-order valence-corrected chi connectivity index (χ3v) is 3.03. The van der Waals surface area contributed by atoms with Gasteiger partial charge in [0.05, 0.1) is 0 Å². The van der Waals surface area contributed by atoms with Crippen LogP contribution in [0.1, 0.15) is 24.7 Å². The Morgan fingerprint density at radius 3 is 2.76 bits per heavy atom. The Bertz CT molecular complexity index is 572. The summed E-state index contributed by atoms with van der Waals surface area (Å²) in [6.45, 7) is 1.93. The molecular formula is C12H13FN4. The summed E-state index contributed by atoms with van der Waals surface area (Å²) in [6.07, 6.45) is 2.29. The van der Waals surface area contributed by atoms with Crippen LogP contribution in [0.3, 0.4) is 0 Å². The highest BCUT2D eigenvalue weighted by Crippen LogP contribution is 2.39. The van der Waals surface area contributed by atoms with E-state index in [0.717, 1.165) is 30.1 Å². The second-order valence-corrected chi connectivity index (χ2v) is 4.40. The lowest BCUT2D eigenvalue weighted by Crippen LogP contribution is -2.02. The van der Waals surface area contributed by atoms with E-state index in [4.69, 9.17) is 5.73 Å². The molecule has 17 heavy (non-hydrogen) atoms. The Labute approximate surface area is 98.3 Å². The second-order valence-electron chi connectivity index (χ2n) is 4.40. The minimum Gasteiger partial charge on any atom is -0.398 e. The van der Waals surface area contributed by atoms with Gasteiger partial charge in [0.25, 0.3) is 0 Å². The molecule has 0 radical (unpaired) electrons. The zero-order chi connectivity index (χ0) is 12.0. The minimum absolute atomic E-state index is 0.333. The second kappa shape index (κ2) is 3.55. The number of nitrogens with two attached hydrogens (primary N) is 1. The highest BCUT2D eigenvalue weighted by atomic mass is 19.1. The van der Waals surface area contributed by atoms with Gasteiger partial charge >= 0.3 is 0 Å². The molecule has 0 spiro atoms. The first-order valence-corrected chi connectivity index (χ1v) is 5.63. The summed E-state index contributed by atoms with van der Waals surface area (Å²) in [5.41, 5.74) is 6.98. The molecule has 0 amide bonds. The van der Waals surface area contributed by atoms with Crippen molar-refractivity contribution in [2.24, 2.45) is 0 Å². The number of hydrogen-bond acceptors (Lipinski definition) is 3. The molecule has 1 saturated carbocycles. The van der Waals surface area contributed by atoms with Gasteiger partial charge in [-0.05, 0) is 38.0 Å². The van der Waals surface area contributed by atoms with Crippen molar-refractivity contribution < 1.29 is 4.39 Å². The molecule has 0 aliphatic heterocycles. The van der Waals surface area contributed by atoms with Crippen molar-refractivity contribution in [3.05, 3.63) is 29.8 Å². The first-order valence-electron chi connectivity index (χ1n) is 5.63. The number of benzene rings is 1. The predicted molar refractivity (Wildman–Crippen MR) is 62.8 cm³/mol. The maximum Gasteiger partial charge on any atom is 0.166 e.